The van der Waals surface area contributed by atoms with E-state index in [4.69, 9.17) is 0 Å². The van der Waals surface area contributed by atoms with Crippen LogP contribution in [0.5, 0.6) is 0 Å². The van der Waals surface area contributed by atoms with Crippen LogP contribution in [0.1, 0.15) is 5.56 Å². The Morgan fingerprint density at radius 1 is 0.486 bits per heavy atom. The van der Waals surface area contributed by atoms with Crippen molar-refractivity contribution < 1.29 is 0 Å². The minimum atomic E-state index is 0.989. The van der Waals surface area contributed by atoms with Crippen molar-refractivity contribution in [2.45, 2.75) is 0 Å². The van der Waals surface area contributed by atoms with Crippen molar-refractivity contribution in [2.24, 2.45) is 0 Å². The average molecular weight is 445 g/mol. The Morgan fingerprint density at radius 3 is 1.71 bits per heavy atom. The second-order valence-corrected chi connectivity index (χ2v) is 9.15. The van der Waals surface area contributed by atoms with Crippen molar-refractivity contribution in [3.8, 4) is 33.5 Å². The Hall–Kier alpha value is -4.62. The Balaban J connectivity index is 1.55. The van der Waals surface area contributed by atoms with E-state index < -0.39 is 0 Å². The fourth-order valence-electron chi connectivity index (χ4n) is 5.43. The summed E-state index contributed by atoms with van der Waals surface area (Å²) in [4.78, 5) is 4.51. The van der Waals surface area contributed by atoms with E-state index in [1.807, 2.05) is 18.3 Å². The van der Waals surface area contributed by atoms with E-state index >= 15 is 0 Å². The van der Waals surface area contributed by atoms with Gasteiger partial charge in [-0.25, -0.2) is 0 Å². The van der Waals surface area contributed by atoms with Gasteiger partial charge >= 0.3 is 0 Å². The normalized spacial score (nSPS) is 11.5. The molecule has 0 amide bonds. The van der Waals surface area contributed by atoms with Gasteiger partial charge in [-0.2, -0.15) is 0 Å². The minimum Gasteiger partial charge on any atom is -0.256 e. The fraction of sp³-hybridized carbons (Fsp3) is 0. The highest BCUT2D eigenvalue weighted by Gasteiger charge is 2.18. The zero-order chi connectivity index (χ0) is 23.4. The number of hydrogen-bond acceptors (Lipinski definition) is 1. The van der Waals surface area contributed by atoms with Crippen molar-refractivity contribution in [1.29, 1.82) is 0 Å². The van der Waals surface area contributed by atoms with Gasteiger partial charge in [-0.1, -0.05) is 72.8 Å². The lowest BCUT2D eigenvalue weighted by Gasteiger charge is -2.17. The van der Waals surface area contributed by atoms with Crippen molar-refractivity contribution in [3.63, 3.8) is 0 Å². The summed E-state index contributed by atoms with van der Waals surface area (Å²) in [5, 5.41) is 7.69. The zero-order valence-corrected chi connectivity index (χ0v) is 19.2. The lowest BCUT2D eigenvalue weighted by atomic mass is 9.85. The maximum atomic E-state index is 4.51. The lowest BCUT2D eigenvalue weighted by Crippen LogP contribution is -1.91. The van der Waals surface area contributed by atoms with E-state index in [2.05, 4.69) is 115 Å². The van der Waals surface area contributed by atoms with Crippen LogP contribution >= 0.6 is 0 Å². The van der Waals surface area contributed by atoms with Crippen molar-refractivity contribution >= 4 is 32.3 Å². The number of rotatable bonds is 3. The molecule has 1 heteroatoms. The summed E-state index contributed by atoms with van der Waals surface area (Å²) in [7, 11) is 0. The Morgan fingerprint density at radius 2 is 1.09 bits per heavy atom. The first kappa shape index (κ1) is 19.8. The van der Waals surface area contributed by atoms with E-state index in [1.165, 1.54) is 54.6 Å². The SMILES string of the molecule is [CH2+]c1cc2ccc3c(-c4ccccc4)cc(-c4ccc(-c5ccccn5)cc4)c4ccc(c1)c2c34. The molecule has 0 fully saturated rings. The summed E-state index contributed by atoms with van der Waals surface area (Å²) in [6.45, 7) is 4.20. The van der Waals surface area contributed by atoms with Crippen LogP contribution in [0.25, 0.3) is 65.8 Å². The molecule has 1 aromatic heterocycles. The highest BCUT2D eigenvalue weighted by molar-refractivity contribution is 6.28. The molecule has 0 N–H and O–H groups in total. The first-order valence-corrected chi connectivity index (χ1v) is 11.9. The number of pyridine rings is 1. The maximum Gasteiger partial charge on any atom is 0.128 e. The largest absolute Gasteiger partial charge is 0.256 e. The summed E-state index contributed by atoms with van der Waals surface area (Å²) >= 11 is 0. The van der Waals surface area contributed by atoms with E-state index in [0.717, 1.165) is 16.8 Å². The average Bonchev–Trinajstić information content (AvgIpc) is 2.92. The van der Waals surface area contributed by atoms with Gasteiger partial charge in [0, 0.05) is 40.2 Å². The number of benzene rings is 6. The topological polar surface area (TPSA) is 12.9 Å². The molecule has 0 spiro atoms. The highest BCUT2D eigenvalue weighted by atomic mass is 14.7. The van der Waals surface area contributed by atoms with E-state index in [0.29, 0.717) is 0 Å². The van der Waals surface area contributed by atoms with Gasteiger partial charge in [-0.05, 0) is 63.4 Å². The number of hydrogen-bond donors (Lipinski definition) is 0. The third-order valence-corrected chi connectivity index (χ3v) is 7.02. The van der Waals surface area contributed by atoms with Gasteiger partial charge in [0.25, 0.3) is 0 Å². The second kappa shape index (κ2) is 7.72. The first-order valence-electron chi connectivity index (χ1n) is 11.9. The number of nitrogens with zero attached hydrogens (tertiary/aromatic N) is 1. The Bertz CT molecular complexity index is 1800. The third kappa shape index (κ3) is 3.17. The molecule has 35 heavy (non-hydrogen) atoms. The van der Waals surface area contributed by atoms with Gasteiger partial charge in [-0.3, -0.25) is 4.98 Å². The Labute approximate surface area is 204 Å². The van der Waals surface area contributed by atoms with Gasteiger partial charge in [0.2, 0.25) is 0 Å². The molecule has 1 heterocycles. The summed E-state index contributed by atoms with van der Waals surface area (Å²) in [5.41, 5.74) is 8.10. The van der Waals surface area contributed by atoms with Crippen LogP contribution in [-0.2, 0) is 0 Å². The molecular formula is C34H22N+. The summed E-state index contributed by atoms with van der Waals surface area (Å²) in [6, 6.07) is 41.3. The van der Waals surface area contributed by atoms with E-state index in [1.54, 1.807) is 0 Å². The van der Waals surface area contributed by atoms with Gasteiger partial charge in [0.15, 0.2) is 0 Å². The predicted octanol–water partition coefficient (Wildman–Crippen LogP) is 9.16. The molecule has 0 atom stereocenters. The Kier molecular flexibility index (Phi) is 4.37. The molecule has 1 nitrogen and oxygen atoms in total. The molecular weight excluding hydrogens is 422 g/mol. The summed E-state index contributed by atoms with van der Waals surface area (Å²) in [6.07, 6.45) is 1.84. The van der Waals surface area contributed by atoms with Crippen molar-refractivity contribution in [3.05, 3.63) is 134 Å². The van der Waals surface area contributed by atoms with E-state index in [9.17, 15) is 0 Å². The van der Waals surface area contributed by atoms with Crippen LogP contribution in [0, 0.1) is 6.92 Å². The fourth-order valence-corrected chi connectivity index (χ4v) is 5.43. The molecule has 0 unspecified atom stereocenters. The van der Waals surface area contributed by atoms with Gasteiger partial charge in [0.05, 0.1) is 17.8 Å². The molecule has 6 aromatic carbocycles. The summed E-state index contributed by atoms with van der Waals surface area (Å²) in [5.74, 6) is 0. The zero-order valence-electron chi connectivity index (χ0n) is 19.2. The van der Waals surface area contributed by atoms with Crippen LogP contribution in [0.4, 0.5) is 0 Å². The maximum absolute atomic E-state index is 4.51. The molecule has 162 valence electrons. The third-order valence-electron chi connectivity index (χ3n) is 7.02. The van der Waals surface area contributed by atoms with E-state index in [-0.39, 0.29) is 0 Å². The monoisotopic (exact) mass is 444 g/mol. The molecule has 0 aliphatic heterocycles. The molecule has 0 aliphatic carbocycles. The second-order valence-electron chi connectivity index (χ2n) is 9.15. The lowest BCUT2D eigenvalue weighted by molar-refractivity contribution is 1.33. The molecule has 0 saturated heterocycles. The van der Waals surface area contributed by atoms with Crippen LogP contribution in [0.15, 0.2) is 121 Å². The molecule has 0 bridgehead atoms. The van der Waals surface area contributed by atoms with Crippen LogP contribution in [0.2, 0.25) is 0 Å². The van der Waals surface area contributed by atoms with Crippen LogP contribution in [0.3, 0.4) is 0 Å². The highest BCUT2D eigenvalue weighted by Crippen LogP contribution is 2.44. The molecule has 7 rings (SSSR count). The van der Waals surface area contributed by atoms with Gasteiger partial charge in [0.1, 0.15) is 5.56 Å². The van der Waals surface area contributed by atoms with Crippen LogP contribution in [-0.4, -0.2) is 4.98 Å². The van der Waals surface area contributed by atoms with Gasteiger partial charge < -0.3 is 0 Å². The molecule has 7 aromatic rings. The molecule has 0 saturated carbocycles. The standard InChI is InChI=1S/C34H22N/c1-22-19-26-14-16-28-30(23-7-3-2-4-8-23)21-31(29-17-15-27(20-22)33(26)34(28)29)24-10-12-25(13-11-24)32-9-5-6-18-35-32/h2-21H,1H2/q+1. The molecule has 0 radical (unpaired) electrons. The summed E-state index contributed by atoms with van der Waals surface area (Å²) < 4.78 is 0. The number of aromatic nitrogens is 1. The minimum absolute atomic E-state index is 0.989. The molecule has 0 aliphatic rings. The predicted molar refractivity (Wildman–Crippen MR) is 149 cm³/mol. The van der Waals surface area contributed by atoms with Crippen LogP contribution < -0.4 is 0 Å². The van der Waals surface area contributed by atoms with Crippen molar-refractivity contribution in [2.75, 3.05) is 0 Å². The first-order chi connectivity index (χ1) is 17.3. The van der Waals surface area contributed by atoms with Gasteiger partial charge in [-0.15, -0.1) is 0 Å². The van der Waals surface area contributed by atoms with Crippen molar-refractivity contribution in [1.82, 2.24) is 4.98 Å². The smallest absolute Gasteiger partial charge is 0.128 e. The quantitative estimate of drug-likeness (QED) is 0.195.